The van der Waals surface area contributed by atoms with Crippen molar-refractivity contribution in [1.82, 2.24) is 0 Å². The topological polar surface area (TPSA) is 57.1 Å². The van der Waals surface area contributed by atoms with Crippen LogP contribution in [0.25, 0.3) is 6.08 Å². The Kier molecular flexibility index (Phi) is 7.18. The zero-order valence-electron chi connectivity index (χ0n) is 17.9. The molecular formula is C24H26INO4. The zero-order chi connectivity index (χ0) is 21.8. The largest absolute Gasteiger partial charge is 0.493 e. The molecule has 158 valence electrons. The summed E-state index contributed by atoms with van der Waals surface area (Å²) < 4.78 is 17.7. The molecule has 0 saturated heterocycles. The molecule has 0 aliphatic carbocycles. The van der Waals surface area contributed by atoms with Crippen molar-refractivity contribution in [2.45, 2.75) is 33.6 Å². The van der Waals surface area contributed by atoms with Gasteiger partial charge in [-0.25, -0.2) is 9.79 Å². The van der Waals surface area contributed by atoms with Crippen molar-refractivity contribution in [3.05, 3.63) is 62.4 Å². The number of ether oxygens (including phenoxy) is 3. The standard InChI is InChI=1S/C24H26INO4/c1-14(2)13-29-22-19(25)10-16(12-21(22)28-5)11-20-24(27)30-23(26-20)18-8-6-17(7-9-18)15(3)4/h6-12,14-15H,13H2,1-5H3/b20-11-. The van der Waals surface area contributed by atoms with Crippen LogP contribution in [0.2, 0.25) is 0 Å². The number of carbonyl (C=O) groups excluding carboxylic acids is 1. The Morgan fingerprint density at radius 2 is 1.83 bits per heavy atom. The van der Waals surface area contributed by atoms with E-state index in [1.54, 1.807) is 13.2 Å². The van der Waals surface area contributed by atoms with Crippen molar-refractivity contribution in [3.8, 4) is 11.5 Å². The molecule has 2 aromatic rings. The third-order valence-corrected chi connectivity index (χ3v) is 5.36. The van der Waals surface area contributed by atoms with Crippen LogP contribution in [-0.4, -0.2) is 25.6 Å². The SMILES string of the molecule is COc1cc(/C=C2\N=C(c3ccc(C(C)C)cc3)OC2=O)cc(I)c1OCC(C)C. The molecule has 0 amide bonds. The van der Waals surface area contributed by atoms with E-state index >= 15 is 0 Å². The predicted octanol–water partition coefficient (Wildman–Crippen LogP) is 5.80. The summed E-state index contributed by atoms with van der Waals surface area (Å²) in [5.41, 5.74) is 3.05. The maximum absolute atomic E-state index is 12.4. The Labute approximate surface area is 191 Å². The van der Waals surface area contributed by atoms with Gasteiger partial charge in [0, 0.05) is 5.56 Å². The molecule has 30 heavy (non-hydrogen) atoms. The predicted molar refractivity (Wildman–Crippen MR) is 127 cm³/mol. The van der Waals surface area contributed by atoms with Gasteiger partial charge in [0.1, 0.15) is 0 Å². The maximum atomic E-state index is 12.4. The molecular weight excluding hydrogens is 493 g/mol. The first-order chi connectivity index (χ1) is 14.3. The van der Waals surface area contributed by atoms with Crippen LogP contribution in [0.15, 0.2) is 47.1 Å². The van der Waals surface area contributed by atoms with E-state index in [4.69, 9.17) is 14.2 Å². The minimum Gasteiger partial charge on any atom is -0.493 e. The van der Waals surface area contributed by atoms with Gasteiger partial charge in [-0.3, -0.25) is 0 Å². The fourth-order valence-electron chi connectivity index (χ4n) is 2.91. The summed E-state index contributed by atoms with van der Waals surface area (Å²) in [6, 6.07) is 11.7. The first-order valence-electron chi connectivity index (χ1n) is 9.91. The maximum Gasteiger partial charge on any atom is 0.363 e. The summed E-state index contributed by atoms with van der Waals surface area (Å²) in [6.07, 6.45) is 1.70. The zero-order valence-corrected chi connectivity index (χ0v) is 20.0. The Hall–Kier alpha value is -2.35. The van der Waals surface area contributed by atoms with Crippen LogP contribution in [0, 0.1) is 9.49 Å². The van der Waals surface area contributed by atoms with Crippen molar-refractivity contribution in [2.24, 2.45) is 10.9 Å². The molecule has 5 nitrogen and oxygen atoms in total. The van der Waals surface area contributed by atoms with E-state index in [0.717, 1.165) is 14.7 Å². The second-order valence-corrected chi connectivity index (χ2v) is 9.01. The van der Waals surface area contributed by atoms with Gasteiger partial charge in [-0.15, -0.1) is 0 Å². The molecule has 3 rings (SSSR count). The van der Waals surface area contributed by atoms with Gasteiger partial charge in [0.15, 0.2) is 17.2 Å². The van der Waals surface area contributed by atoms with Crippen molar-refractivity contribution in [3.63, 3.8) is 0 Å². The first-order valence-corrected chi connectivity index (χ1v) is 11.0. The number of halogens is 1. The number of hydrogen-bond donors (Lipinski definition) is 0. The number of hydrogen-bond acceptors (Lipinski definition) is 5. The number of carbonyl (C=O) groups is 1. The summed E-state index contributed by atoms with van der Waals surface area (Å²) in [7, 11) is 1.60. The Morgan fingerprint density at radius 1 is 1.13 bits per heavy atom. The highest BCUT2D eigenvalue weighted by Crippen LogP contribution is 2.35. The molecule has 0 fully saturated rings. The van der Waals surface area contributed by atoms with Gasteiger partial charge in [-0.1, -0.05) is 39.8 Å². The first kappa shape index (κ1) is 22.3. The van der Waals surface area contributed by atoms with Crippen LogP contribution in [-0.2, 0) is 9.53 Å². The molecule has 0 aromatic heterocycles. The van der Waals surface area contributed by atoms with E-state index in [1.807, 2.05) is 36.4 Å². The van der Waals surface area contributed by atoms with Crippen LogP contribution >= 0.6 is 22.6 Å². The summed E-state index contributed by atoms with van der Waals surface area (Å²) in [6.45, 7) is 9.06. The molecule has 1 aliphatic rings. The number of methoxy groups -OCH3 is 1. The molecule has 0 radical (unpaired) electrons. The monoisotopic (exact) mass is 519 g/mol. The van der Waals surface area contributed by atoms with Gasteiger partial charge < -0.3 is 14.2 Å². The van der Waals surface area contributed by atoms with Crippen LogP contribution in [0.3, 0.4) is 0 Å². The lowest BCUT2D eigenvalue weighted by Crippen LogP contribution is -2.07. The number of benzene rings is 2. The molecule has 0 bridgehead atoms. The molecule has 1 heterocycles. The van der Waals surface area contributed by atoms with Gasteiger partial charge in [0.2, 0.25) is 5.90 Å². The molecule has 0 N–H and O–H groups in total. The van der Waals surface area contributed by atoms with Gasteiger partial charge in [-0.2, -0.15) is 0 Å². The molecule has 1 aliphatic heterocycles. The van der Waals surface area contributed by atoms with E-state index in [2.05, 4.69) is 55.3 Å². The lowest BCUT2D eigenvalue weighted by molar-refractivity contribution is -0.129. The molecule has 0 unspecified atom stereocenters. The normalized spacial score (nSPS) is 15.0. The van der Waals surface area contributed by atoms with Crippen LogP contribution < -0.4 is 9.47 Å². The van der Waals surface area contributed by atoms with Crippen molar-refractivity contribution in [2.75, 3.05) is 13.7 Å². The highest BCUT2D eigenvalue weighted by molar-refractivity contribution is 14.1. The van der Waals surface area contributed by atoms with E-state index in [1.165, 1.54) is 5.56 Å². The molecule has 0 saturated carbocycles. The van der Waals surface area contributed by atoms with E-state index in [-0.39, 0.29) is 5.70 Å². The van der Waals surface area contributed by atoms with Gasteiger partial charge in [0.05, 0.1) is 17.3 Å². The smallest absolute Gasteiger partial charge is 0.363 e. The molecule has 6 heteroatoms. The quantitative estimate of drug-likeness (QED) is 0.264. The van der Waals surface area contributed by atoms with Gasteiger partial charge >= 0.3 is 5.97 Å². The molecule has 0 atom stereocenters. The summed E-state index contributed by atoms with van der Waals surface area (Å²) in [5, 5.41) is 0. The van der Waals surface area contributed by atoms with Gasteiger partial charge in [0.25, 0.3) is 0 Å². The average molecular weight is 519 g/mol. The van der Waals surface area contributed by atoms with Crippen LogP contribution in [0.4, 0.5) is 0 Å². The number of aliphatic imine (C=N–C) groups is 1. The molecule has 2 aromatic carbocycles. The van der Waals surface area contributed by atoms with Crippen molar-refractivity contribution in [1.29, 1.82) is 0 Å². The number of nitrogens with zero attached hydrogens (tertiary/aromatic N) is 1. The van der Waals surface area contributed by atoms with Gasteiger partial charge in [-0.05, 0) is 75.9 Å². The summed E-state index contributed by atoms with van der Waals surface area (Å²) in [4.78, 5) is 16.8. The average Bonchev–Trinajstić information content (AvgIpc) is 3.07. The molecule has 0 spiro atoms. The minimum absolute atomic E-state index is 0.256. The van der Waals surface area contributed by atoms with Crippen LogP contribution in [0.5, 0.6) is 11.5 Å². The van der Waals surface area contributed by atoms with E-state index in [9.17, 15) is 4.79 Å². The lowest BCUT2D eigenvalue weighted by atomic mass is 10.0. The third kappa shape index (κ3) is 5.22. The Balaban J connectivity index is 1.88. The van der Waals surface area contributed by atoms with Crippen molar-refractivity contribution < 1.29 is 19.0 Å². The fourth-order valence-corrected chi connectivity index (χ4v) is 3.70. The number of esters is 1. The van der Waals surface area contributed by atoms with E-state index < -0.39 is 5.97 Å². The van der Waals surface area contributed by atoms with E-state index in [0.29, 0.717) is 35.8 Å². The minimum atomic E-state index is -0.466. The lowest BCUT2D eigenvalue weighted by Gasteiger charge is -2.15. The summed E-state index contributed by atoms with van der Waals surface area (Å²) >= 11 is 2.21. The van der Waals surface area contributed by atoms with Crippen LogP contribution in [0.1, 0.15) is 50.3 Å². The number of cyclic esters (lactones) is 1. The second-order valence-electron chi connectivity index (χ2n) is 7.85. The number of rotatable bonds is 7. The van der Waals surface area contributed by atoms with Crippen molar-refractivity contribution >= 4 is 40.5 Å². The highest BCUT2D eigenvalue weighted by atomic mass is 127. The third-order valence-electron chi connectivity index (χ3n) is 4.56. The highest BCUT2D eigenvalue weighted by Gasteiger charge is 2.24. The summed E-state index contributed by atoms with van der Waals surface area (Å²) in [5.74, 6) is 2.02. The fraction of sp³-hybridized carbons (Fsp3) is 0.333. The second kappa shape index (κ2) is 9.64. The Morgan fingerprint density at radius 3 is 2.43 bits per heavy atom. The Bertz CT molecular complexity index is 991.